The van der Waals surface area contributed by atoms with E-state index in [1.165, 1.54) is 28.5 Å². The van der Waals surface area contributed by atoms with Gasteiger partial charge in [0, 0.05) is 5.92 Å². The predicted molar refractivity (Wildman–Crippen MR) is 87.5 cm³/mol. The Morgan fingerprint density at radius 2 is 1.77 bits per heavy atom. The highest BCUT2D eigenvalue weighted by atomic mass is 19.1. The Morgan fingerprint density at radius 1 is 0.955 bits per heavy atom. The number of rotatable bonds is 2. The monoisotopic (exact) mass is 290 g/mol. The third kappa shape index (κ3) is 2.15. The van der Waals surface area contributed by atoms with E-state index in [2.05, 4.69) is 47.2 Å². The average molecular weight is 290 g/mol. The van der Waals surface area contributed by atoms with Gasteiger partial charge in [-0.3, -0.25) is 0 Å². The molecule has 22 heavy (non-hydrogen) atoms. The maximum Gasteiger partial charge on any atom is 0.125 e. The Kier molecular flexibility index (Phi) is 2.93. The van der Waals surface area contributed by atoms with Crippen molar-refractivity contribution in [1.29, 1.82) is 0 Å². The van der Waals surface area contributed by atoms with E-state index in [9.17, 15) is 4.39 Å². The summed E-state index contributed by atoms with van der Waals surface area (Å²) < 4.78 is 13.3. The molecule has 0 radical (unpaired) electrons. The molecule has 0 aliphatic carbocycles. The summed E-state index contributed by atoms with van der Waals surface area (Å²) in [6.45, 7) is 2.11. The summed E-state index contributed by atoms with van der Waals surface area (Å²) in [6.07, 6.45) is 0. The van der Waals surface area contributed by atoms with Crippen LogP contribution in [0.2, 0.25) is 0 Å². The molecule has 3 heteroatoms. The van der Waals surface area contributed by atoms with Gasteiger partial charge < -0.3 is 4.98 Å². The minimum Gasteiger partial charge on any atom is -0.341 e. The summed E-state index contributed by atoms with van der Waals surface area (Å²) in [6, 6.07) is 19.4. The molecule has 108 valence electrons. The van der Waals surface area contributed by atoms with E-state index in [1.807, 2.05) is 12.1 Å². The number of hydrogen-bond donors (Lipinski definition) is 1. The molecule has 3 aromatic carbocycles. The number of aromatic nitrogens is 2. The van der Waals surface area contributed by atoms with Crippen molar-refractivity contribution < 1.29 is 4.39 Å². The number of H-pyrrole nitrogens is 1. The zero-order valence-corrected chi connectivity index (χ0v) is 12.2. The maximum atomic E-state index is 13.3. The van der Waals surface area contributed by atoms with Crippen LogP contribution in [0, 0.1) is 5.82 Å². The molecular formula is C19H15FN2. The highest BCUT2D eigenvalue weighted by Gasteiger charge is 2.13. The molecule has 0 aliphatic rings. The SMILES string of the molecule is CC(c1ccc2ccccc2c1)c1nc2ccc(F)cc2[nH]1. The smallest absolute Gasteiger partial charge is 0.125 e. The molecule has 1 N–H and O–H groups in total. The van der Waals surface area contributed by atoms with Crippen LogP contribution >= 0.6 is 0 Å². The normalized spacial score (nSPS) is 12.8. The van der Waals surface area contributed by atoms with Crippen LogP contribution in [0.5, 0.6) is 0 Å². The Balaban J connectivity index is 1.78. The highest BCUT2D eigenvalue weighted by molar-refractivity contribution is 5.83. The first-order chi connectivity index (χ1) is 10.7. The number of benzene rings is 3. The zero-order valence-electron chi connectivity index (χ0n) is 12.2. The van der Waals surface area contributed by atoms with Crippen molar-refractivity contribution in [2.24, 2.45) is 0 Å². The van der Waals surface area contributed by atoms with Crippen molar-refractivity contribution in [3.05, 3.63) is 77.9 Å². The highest BCUT2D eigenvalue weighted by Crippen LogP contribution is 2.27. The zero-order chi connectivity index (χ0) is 15.1. The van der Waals surface area contributed by atoms with Crippen molar-refractivity contribution in [3.8, 4) is 0 Å². The summed E-state index contributed by atoms with van der Waals surface area (Å²) in [7, 11) is 0. The topological polar surface area (TPSA) is 28.7 Å². The van der Waals surface area contributed by atoms with Crippen LogP contribution in [0.15, 0.2) is 60.7 Å². The summed E-state index contributed by atoms with van der Waals surface area (Å²) in [5.41, 5.74) is 2.73. The van der Waals surface area contributed by atoms with Crippen LogP contribution in [0.1, 0.15) is 24.2 Å². The van der Waals surface area contributed by atoms with Gasteiger partial charge in [0.15, 0.2) is 0 Å². The van der Waals surface area contributed by atoms with Crippen LogP contribution < -0.4 is 0 Å². The Bertz CT molecular complexity index is 971. The van der Waals surface area contributed by atoms with Gasteiger partial charge in [-0.1, -0.05) is 49.4 Å². The Hall–Kier alpha value is -2.68. The minimum absolute atomic E-state index is 0.125. The fraction of sp³-hybridized carbons (Fsp3) is 0.105. The Labute approximate surface area is 127 Å². The van der Waals surface area contributed by atoms with E-state index in [4.69, 9.17) is 0 Å². The lowest BCUT2D eigenvalue weighted by atomic mass is 9.97. The lowest BCUT2D eigenvalue weighted by molar-refractivity contribution is 0.629. The van der Waals surface area contributed by atoms with Crippen molar-refractivity contribution in [3.63, 3.8) is 0 Å². The third-order valence-corrected chi connectivity index (χ3v) is 4.15. The second kappa shape index (κ2) is 4.95. The molecule has 1 heterocycles. The molecule has 0 fully saturated rings. The van der Waals surface area contributed by atoms with E-state index in [0.717, 1.165) is 16.9 Å². The van der Waals surface area contributed by atoms with Gasteiger partial charge >= 0.3 is 0 Å². The molecule has 1 unspecified atom stereocenters. The first-order valence-electron chi connectivity index (χ1n) is 7.34. The third-order valence-electron chi connectivity index (χ3n) is 4.15. The minimum atomic E-state index is -0.249. The van der Waals surface area contributed by atoms with Gasteiger partial charge in [0.2, 0.25) is 0 Å². The first kappa shape index (κ1) is 13.0. The van der Waals surface area contributed by atoms with Crippen molar-refractivity contribution in [2.75, 3.05) is 0 Å². The van der Waals surface area contributed by atoms with Gasteiger partial charge in [0.1, 0.15) is 11.6 Å². The van der Waals surface area contributed by atoms with E-state index >= 15 is 0 Å². The van der Waals surface area contributed by atoms with Gasteiger partial charge in [-0.15, -0.1) is 0 Å². The van der Waals surface area contributed by atoms with E-state index < -0.39 is 0 Å². The Morgan fingerprint density at radius 3 is 2.64 bits per heavy atom. The summed E-state index contributed by atoms with van der Waals surface area (Å²) >= 11 is 0. The number of aromatic amines is 1. The fourth-order valence-electron chi connectivity index (χ4n) is 2.84. The quantitative estimate of drug-likeness (QED) is 0.552. The molecule has 0 saturated carbocycles. The molecule has 0 spiro atoms. The number of imidazole rings is 1. The number of nitrogens with one attached hydrogen (secondary N) is 1. The number of hydrogen-bond acceptors (Lipinski definition) is 1. The number of nitrogens with zero attached hydrogens (tertiary/aromatic N) is 1. The van der Waals surface area contributed by atoms with Gasteiger partial charge in [0.05, 0.1) is 11.0 Å². The lowest BCUT2D eigenvalue weighted by Gasteiger charge is -2.10. The maximum absolute atomic E-state index is 13.3. The molecule has 0 amide bonds. The number of halogens is 1. The molecular weight excluding hydrogens is 275 g/mol. The fourth-order valence-corrected chi connectivity index (χ4v) is 2.84. The molecule has 2 nitrogen and oxygen atoms in total. The number of fused-ring (bicyclic) bond motifs is 2. The molecule has 0 aliphatic heterocycles. The van der Waals surface area contributed by atoms with E-state index in [0.29, 0.717) is 0 Å². The van der Waals surface area contributed by atoms with Gasteiger partial charge in [0.25, 0.3) is 0 Å². The van der Waals surface area contributed by atoms with Crippen LogP contribution in [0.25, 0.3) is 21.8 Å². The first-order valence-corrected chi connectivity index (χ1v) is 7.34. The average Bonchev–Trinajstić information content (AvgIpc) is 2.96. The molecule has 4 rings (SSSR count). The summed E-state index contributed by atoms with van der Waals surface area (Å²) in [5.74, 6) is 0.733. The second-order valence-electron chi connectivity index (χ2n) is 5.61. The second-order valence-corrected chi connectivity index (χ2v) is 5.61. The summed E-state index contributed by atoms with van der Waals surface area (Å²) in [5, 5.41) is 2.44. The van der Waals surface area contributed by atoms with Gasteiger partial charge in [-0.25, -0.2) is 9.37 Å². The van der Waals surface area contributed by atoms with Gasteiger partial charge in [-0.05, 0) is 34.5 Å². The van der Waals surface area contributed by atoms with E-state index in [-0.39, 0.29) is 11.7 Å². The largest absolute Gasteiger partial charge is 0.341 e. The molecule has 4 aromatic rings. The standard InChI is InChI=1S/C19H15FN2/c1-12(14-7-6-13-4-2-3-5-15(13)10-14)19-21-17-9-8-16(20)11-18(17)22-19/h2-12H,1H3,(H,21,22). The lowest BCUT2D eigenvalue weighted by Crippen LogP contribution is -1.98. The molecule has 1 atom stereocenters. The van der Waals surface area contributed by atoms with Crippen LogP contribution in [-0.2, 0) is 0 Å². The van der Waals surface area contributed by atoms with E-state index in [1.54, 1.807) is 6.07 Å². The molecule has 0 saturated heterocycles. The van der Waals surface area contributed by atoms with Crippen LogP contribution in [0.4, 0.5) is 4.39 Å². The van der Waals surface area contributed by atoms with Crippen LogP contribution in [-0.4, -0.2) is 9.97 Å². The van der Waals surface area contributed by atoms with Crippen molar-refractivity contribution in [2.45, 2.75) is 12.8 Å². The van der Waals surface area contributed by atoms with Crippen molar-refractivity contribution >= 4 is 21.8 Å². The van der Waals surface area contributed by atoms with Crippen LogP contribution in [0.3, 0.4) is 0 Å². The molecule has 0 bridgehead atoms. The summed E-state index contributed by atoms with van der Waals surface area (Å²) in [4.78, 5) is 7.82. The predicted octanol–water partition coefficient (Wildman–Crippen LogP) is 5.01. The van der Waals surface area contributed by atoms with Crippen molar-refractivity contribution in [1.82, 2.24) is 9.97 Å². The van der Waals surface area contributed by atoms with Gasteiger partial charge in [-0.2, -0.15) is 0 Å². The molecule has 1 aromatic heterocycles.